The predicted molar refractivity (Wildman–Crippen MR) is 59.6 cm³/mol. The van der Waals surface area contributed by atoms with Gasteiger partial charge in [-0.1, -0.05) is 12.8 Å². The number of thioether (sulfide) groups is 1. The highest BCUT2D eigenvalue weighted by atomic mass is 32.2. The van der Waals surface area contributed by atoms with Crippen LogP contribution >= 0.6 is 11.8 Å². The van der Waals surface area contributed by atoms with E-state index in [4.69, 9.17) is 5.73 Å². The molecule has 2 N–H and O–H groups in total. The van der Waals surface area contributed by atoms with E-state index in [1.54, 1.807) is 0 Å². The number of nitrogens with zero attached hydrogens (tertiary/aromatic N) is 2. The monoisotopic (exact) mass is 263 g/mol. The number of halogens is 3. The maximum Gasteiger partial charge on any atom is 0.451 e. The summed E-state index contributed by atoms with van der Waals surface area (Å²) in [6.45, 7) is 0. The molecule has 17 heavy (non-hydrogen) atoms. The summed E-state index contributed by atoms with van der Waals surface area (Å²) in [5.74, 6) is -1.29. The van der Waals surface area contributed by atoms with E-state index in [1.807, 2.05) is 0 Å². The number of alkyl halides is 3. The molecule has 1 aliphatic rings. The third-order valence-electron chi connectivity index (χ3n) is 2.57. The van der Waals surface area contributed by atoms with Crippen LogP contribution in [0.25, 0.3) is 0 Å². The van der Waals surface area contributed by atoms with Gasteiger partial charge in [0.1, 0.15) is 10.8 Å². The van der Waals surface area contributed by atoms with E-state index in [2.05, 4.69) is 9.97 Å². The Bertz CT molecular complexity index is 402. The Morgan fingerprint density at radius 1 is 1.24 bits per heavy atom. The van der Waals surface area contributed by atoms with Crippen molar-refractivity contribution in [1.82, 2.24) is 9.97 Å². The Balaban J connectivity index is 2.19. The lowest BCUT2D eigenvalue weighted by molar-refractivity contribution is -0.145. The first-order chi connectivity index (χ1) is 7.95. The van der Waals surface area contributed by atoms with Gasteiger partial charge < -0.3 is 5.73 Å². The van der Waals surface area contributed by atoms with Crippen LogP contribution in [0.15, 0.2) is 11.1 Å². The summed E-state index contributed by atoms with van der Waals surface area (Å²) in [7, 11) is 0. The van der Waals surface area contributed by atoms with E-state index < -0.39 is 12.0 Å². The molecule has 3 nitrogen and oxygen atoms in total. The zero-order chi connectivity index (χ0) is 12.5. The lowest BCUT2D eigenvalue weighted by Gasteiger charge is -2.11. The van der Waals surface area contributed by atoms with Gasteiger partial charge >= 0.3 is 6.18 Å². The summed E-state index contributed by atoms with van der Waals surface area (Å²) in [6, 6.07) is 1.40. The van der Waals surface area contributed by atoms with E-state index in [1.165, 1.54) is 17.8 Å². The molecule has 0 radical (unpaired) electrons. The number of rotatable bonds is 2. The van der Waals surface area contributed by atoms with Crippen molar-refractivity contribution in [2.24, 2.45) is 0 Å². The summed E-state index contributed by atoms with van der Waals surface area (Å²) in [4.78, 5) is 6.72. The zero-order valence-electron chi connectivity index (χ0n) is 9.00. The van der Waals surface area contributed by atoms with Gasteiger partial charge in [-0.05, 0) is 12.8 Å². The van der Waals surface area contributed by atoms with E-state index >= 15 is 0 Å². The molecule has 0 atom stereocenters. The Labute approximate surface area is 101 Å². The fourth-order valence-corrected chi connectivity index (χ4v) is 3.05. The molecule has 0 bridgehead atoms. The van der Waals surface area contributed by atoms with Gasteiger partial charge in [-0.3, -0.25) is 0 Å². The number of anilines is 1. The summed E-state index contributed by atoms with van der Waals surface area (Å²) >= 11 is 1.36. The van der Waals surface area contributed by atoms with Gasteiger partial charge in [-0.2, -0.15) is 13.2 Å². The average molecular weight is 263 g/mol. The smallest absolute Gasteiger partial charge is 0.384 e. The summed E-state index contributed by atoms with van der Waals surface area (Å²) in [5, 5.41) is 0.669. The molecule has 1 saturated carbocycles. The van der Waals surface area contributed by atoms with Gasteiger partial charge in [0.2, 0.25) is 5.82 Å². The second-order valence-electron chi connectivity index (χ2n) is 3.98. The molecule has 0 spiro atoms. The number of nitrogens with two attached hydrogens (primary N) is 1. The van der Waals surface area contributed by atoms with Gasteiger partial charge in [-0.15, -0.1) is 11.8 Å². The average Bonchev–Trinajstić information content (AvgIpc) is 2.68. The molecular weight excluding hydrogens is 251 g/mol. The molecular formula is C10H12F3N3S. The van der Waals surface area contributed by atoms with Crippen molar-refractivity contribution < 1.29 is 13.2 Å². The van der Waals surface area contributed by atoms with Crippen LogP contribution in [0.2, 0.25) is 0 Å². The van der Waals surface area contributed by atoms with Crippen LogP contribution in [0, 0.1) is 0 Å². The van der Waals surface area contributed by atoms with Gasteiger partial charge in [0.25, 0.3) is 0 Å². The molecule has 0 unspecified atom stereocenters. The van der Waals surface area contributed by atoms with Crippen molar-refractivity contribution in [2.45, 2.75) is 42.1 Å². The van der Waals surface area contributed by atoms with Crippen molar-refractivity contribution in [1.29, 1.82) is 0 Å². The number of hydrogen-bond acceptors (Lipinski definition) is 4. The van der Waals surface area contributed by atoms with Crippen LogP contribution < -0.4 is 5.73 Å². The minimum absolute atomic E-state index is 0.132. The molecule has 1 heterocycles. The lowest BCUT2D eigenvalue weighted by atomic mass is 10.4. The fourth-order valence-electron chi connectivity index (χ4n) is 1.81. The van der Waals surface area contributed by atoms with Gasteiger partial charge in [0.05, 0.1) is 0 Å². The molecule has 94 valence electrons. The standard InChI is InChI=1S/C10H12F3N3S/c11-10(12,13)9-15-7(14)5-8(16-9)17-6-3-1-2-4-6/h5-6H,1-4H2,(H2,14,15,16). The maximum absolute atomic E-state index is 12.5. The minimum Gasteiger partial charge on any atom is -0.384 e. The minimum atomic E-state index is -4.54. The molecule has 0 aliphatic heterocycles. The van der Waals surface area contributed by atoms with Crippen LogP contribution in [0.5, 0.6) is 0 Å². The van der Waals surface area contributed by atoms with E-state index in [9.17, 15) is 13.2 Å². The zero-order valence-corrected chi connectivity index (χ0v) is 9.81. The molecule has 0 amide bonds. The maximum atomic E-state index is 12.5. The number of aromatic nitrogens is 2. The van der Waals surface area contributed by atoms with Crippen LogP contribution in [-0.2, 0) is 6.18 Å². The van der Waals surface area contributed by atoms with Crippen LogP contribution in [-0.4, -0.2) is 15.2 Å². The predicted octanol–water partition coefficient (Wildman–Crippen LogP) is 3.11. The fraction of sp³-hybridized carbons (Fsp3) is 0.600. The Hall–Kier alpha value is -0.980. The first-order valence-electron chi connectivity index (χ1n) is 5.33. The van der Waals surface area contributed by atoms with Crippen molar-refractivity contribution in [2.75, 3.05) is 5.73 Å². The SMILES string of the molecule is Nc1cc(SC2CCCC2)nc(C(F)(F)F)n1. The highest BCUT2D eigenvalue weighted by Crippen LogP contribution is 2.35. The summed E-state index contributed by atoms with van der Waals surface area (Å²) in [5.41, 5.74) is 5.37. The second-order valence-corrected chi connectivity index (χ2v) is 5.30. The molecule has 1 aromatic heterocycles. The Morgan fingerprint density at radius 2 is 1.88 bits per heavy atom. The topological polar surface area (TPSA) is 51.8 Å². The van der Waals surface area contributed by atoms with Gasteiger partial charge in [0.15, 0.2) is 0 Å². The van der Waals surface area contributed by atoms with Gasteiger partial charge in [0, 0.05) is 11.3 Å². The highest BCUT2D eigenvalue weighted by molar-refractivity contribution is 7.99. The first kappa shape index (κ1) is 12.5. The normalized spacial score (nSPS) is 17.6. The van der Waals surface area contributed by atoms with E-state index in [-0.39, 0.29) is 5.82 Å². The van der Waals surface area contributed by atoms with Crippen LogP contribution in [0.1, 0.15) is 31.5 Å². The third kappa shape index (κ3) is 3.24. The molecule has 2 rings (SSSR count). The Kier molecular flexibility index (Phi) is 3.46. The quantitative estimate of drug-likeness (QED) is 0.833. The van der Waals surface area contributed by atoms with Crippen molar-refractivity contribution in [3.05, 3.63) is 11.9 Å². The molecule has 0 saturated heterocycles. The van der Waals surface area contributed by atoms with Crippen LogP contribution in [0.3, 0.4) is 0 Å². The van der Waals surface area contributed by atoms with E-state index in [0.717, 1.165) is 25.7 Å². The van der Waals surface area contributed by atoms with Crippen molar-refractivity contribution in [3.63, 3.8) is 0 Å². The van der Waals surface area contributed by atoms with Gasteiger partial charge in [-0.25, -0.2) is 9.97 Å². The molecule has 1 aromatic rings. The second kappa shape index (κ2) is 4.72. The number of nitrogen functional groups attached to an aromatic ring is 1. The van der Waals surface area contributed by atoms with Crippen molar-refractivity contribution in [3.8, 4) is 0 Å². The molecule has 1 fully saturated rings. The van der Waals surface area contributed by atoms with E-state index in [0.29, 0.717) is 10.3 Å². The summed E-state index contributed by atoms with van der Waals surface area (Å²) < 4.78 is 37.4. The number of hydrogen-bond donors (Lipinski definition) is 1. The van der Waals surface area contributed by atoms with Crippen molar-refractivity contribution >= 4 is 17.6 Å². The third-order valence-corrected chi connectivity index (χ3v) is 3.82. The Morgan fingerprint density at radius 3 is 2.47 bits per heavy atom. The highest BCUT2D eigenvalue weighted by Gasteiger charge is 2.35. The van der Waals surface area contributed by atoms with Crippen LogP contribution in [0.4, 0.5) is 19.0 Å². The summed E-state index contributed by atoms with van der Waals surface area (Å²) in [6.07, 6.45) is -0.235. The molecule has 7 heteroatoms. The lowest BCUT2D eigenvalue weighted by Crippen LogP contribution is -2.13. The largest absolute Gasteiger partial charge is 0.451 e. The first-order valence-corrected chi connectivity index (χ1v) is 6.21. The molecule has 0 aromatic carbocycles. The molecule has 1 aliphatic carbocycles.